The van der Waals surface area contributed by atoms with Gasteiger partial charge >= 0.3 is 5.97 Å². The first-order chi connectivity index (χ1) is 8.36. The standard InChI is InChI=1S/C14H26O4/c1-10(2)14(3,16)9-18-12-7-5-11(6-8-12)13(15)17-4/h10-12,16H,5-9H2,1-4H3. The molecule has 0 aromatic rings. The summed E-state index contributed by atoms with van der Waals surface area (Å²) in [5.74, 6) is 0.0898. The van der Waals surface area contributed by atoms with Crippen LogP contribution in [0.5, 0.6) is 0 Å². The topological polar surface area (TPSA) is 55.8 Å². The molecule has 0 radical (unpaired) electrons. The Morgan fingerprint density at radius 1 is 1.33 bits per heavy atom. The highest BCUT2D eigenvalue weighted by molar-refractivity contribution is 5.72. The Morgan fingerprint density at radius 3 is 2.33 bits per heavy atom. The number of aliphatic hydroxyl groups is 1. The molecule has 0 spiro atoms. The molecule has 0 aromatic heterocycles. The van der Waals surface area contributed by atoms with Gasteiger partial charge in [-0.15, -0.1) is 0 Å². The summed E-state index contributed by atoms with van der Waals surface area (Å²) >= 11 is 0. The first-order valence-corrected chi connectivity index (χ1v) is 6.78. The zero-order valence-electron chi connectivity index (χ0n) is 11.9. The molecule has 0 heterocycles. The van der Waals surface area contributed by atoms with Crippen LogP contribution in [0.15, 0.2) is 0 Å². The second kappa shape index (κ2) is 6.53. The number of carbonyl (C=O) groups is 1. The van der Waals surface area contributed by atoms with E-state index in [0.29, 0.717) is 6.61 Å². The quantitative estimate of drug-likeness (QED) is 0.768. The average molecular weight is 258 g/mol. The van der Waals surface area contributed by atoms with Crippen LogP contribution in [-0.2, 0) is 14.3 Å². The van der Waals surface area contributed by atoms with E-state index in [1.807, 2.05) is 13.8 Å². The maximum Gasteiger partial charge on any atom is 0.308 e. The van der Waals surface area contributed by atoms with E-state index >= 15 is 0 Å². The summed E-state index contributed by atoms with van der Waals surface area (Å²) in [6.45, 7) is 6.13. The number of carbonyl (C=O) groups excluding carboxylic acids is 1. The molecule has 18 heavy (non-hydrogen) atoms. The van der Waals surface area contributed by atoms with Gasteiger partial charge in [-0.1, -0.05) is 13.8 Å². The third-order valence-electron chi connectivity index (χ3n) is 4.06. The van der Waals surface area contributed by atoms with Crippen molar-refractivity contribution in [3.8, 4) is 0 Å². The number of hydrogen-bond donors (Lipinski definition) is 1. The fourth-order valence-corrected chi connectivity index (χ4v) is 2.09. The molecule has 1 aliphatic rings. The molecule has 0 bridgehead atoms. The van der Waals surface area contributed by atoms with Crippen LogP contribution in [0.25, 0.3) is 0 Å². The molecule has 1 aliphatic carbocycles. The fraction of sp³-hybridized carbons (Fsp3) is 0.929. The molecule has 106 valence electrons. The summed E-state index contributed by atoms with van der Waals surface area (Å²) in [6, 6.07) is 0. The van der Waals surface area contributed by atoms with Crippen molar-refractivity contribution in [3.63, 3.8) is 0 Å². The molecule has 1 unspecified atom stereocenters. The Kier molecular flexibility index (Phi) is 5.60. The van der Waals surface area contributed by atoms with Crippen molar-refractivity contribution >= 4 is 5.97 Å². The average Bonchev–Trinajstić information content (AvgIpc) is 2.36. The molecule has 4 nitrogen and oxygen atoms in total. The molecule has 1 fully saturated rings. The summed E-state index contributed by atoms with van der Waals surface area (Å²) in [5.41, 5.74) is -0.779. The van der Waals surface area contributed by atoms with Gasteiger partial charge in [0.1, 0.15) is 0 Å². The fourth-order valence-electron chi connectivity index (χ4n) is 2.09. The minimum atomic E-state index is -0.779. The van der Waals surface area contributed by atoms with Crippen molar-refractivity contribution in [1.82, 2.24) is 0 Å². The van der Waals surface area contributed by atoms with Crippen LogP contribution in [-0.4, -0.2) is 36.5 Å². The largest absolute Gasteiger partial charge is 0.469 e. The van der Waals surface area contributed by atoms with E-state index in [1.54, 1.807) is 6.92 Å². The summed E-state index contributed by atoms with van der Waals surface area (Å²) < 4.78 is 10.5. The maximum absolute atomic E-state index is 11.4. The Balaban J connectivity index is 2.30. The highest BCUT2D eigenvalue weighted by atomic mass is 16.5. The van der Waals surface area contributed by atoms with Crippen LogP contribution < -0.4 is 0 Å². The first-order valence-electron chi connectivity index (χ1n) is 6.78. The van der Waals surface area contributed by atoms with E-state index in [4.69, 9.17) is 9.47 Å². The van der Waals surface area contributed by atoms with Gasteiger partial charge in [0, 0.05) is 0 Å². The van der Waals surface area contributed by atoms with Crippen LogP contribution in [0.1, 0.15) is 46.5 Å². The zero-order valence-corrected chi connectivity index (χ0v) is 11.9. The van der Waals surface area contributed by atoms with Gasteiger partial charge in [-0.05, 0) is 38.5 Å². The Labute approximate surface area is 110 Å². The first kappa shape index (κ1) is 15.4. The van der Waals surface area contributed by atoms with Crippen LogP contribution >= 0.6 is 0 Å². The molecule has 0 aliphatic heterocycles. The lowest BCUT2D eigenvalue weighted by atomic mass is 9.87. The van der Waals surface area contributed by atoms with E-state index in [1.165, 1.54) is 7.11 Å². The smallest absolute Gasteiger partial charge is 0.308 e. The second-order valence-corrected chi connectivity index (χ2v) is 5.82. The van der Waals surface area contributed by atoms with Crippen LogP contribution in [0.3, 0.4) is 0 Å². The second-order valence-electron chi connectivity index (χ2n) is 5.82. The normalized spacial score (nSPS) is 27.9. The SMILES string of the molecule is COC(=O)C1CCC(OCC(C)(O)C(C)C)CC1. The summed E-state index contributed by atoms with van der Waals surface area (Å²) in [4.78, 5) is 11.4. The third kappa shape index (κ3) is 4.25. The number of ether oxygens (including phenoxy) is 2. The van der Waals surface area contributed by atoms with Gasteiger partial charge in [0.15, 0.2) is 0 Å². The summed E-state index contributed by atoms with van der Waals surface area (Å²) in [5, 5.41) is 10.1. The van der Waals surface area contributed by atoms with Gasteiger partial charge in [-0.3, -0.25) is 4.79 Å². The zero-order chi connectivity index (χ0) is 13.8. The van der Waals surface area contributed by atoms with Gasteiger partial charge in [0.05, 0.1) is 31.3 Å². The monoisotopic (exact) mass is 258 g/mol. The highest BCUT2D eigenvalue weighted by Gasteiger charge is 2.30. The minimum absolute atomic E-state index is 0.0282. The third-order valence-corrected chi connectivity index (χ3v) is 4.06. The van der Waals surface area contributed by atoms with Gasteiger partial charge < -0.3 is 14.6 Å². The lowest BCUT2D eigenvalue weighted by molar-refractivity contribution is -0.148. The Bertz CT molecular complexity index is 265. The van der Waals surface area contributed by atoms with E-state index in [-0.39, 0.29) is 23.9 Å². The molecule has 0 saturated heterocycles. The minimum Gasteiger partial charge on any atom is -0.469 e. The molecule has 1 atom stereocenters. The molecule has 4 heteroatoms. The molecular weight excluding hydrogens is 232 g/mol. The predicted molar refractivity (Wildman–Crippen MR) is 69.2 cm³/mol. The Hall–Kier alpha value is -0.610. The van der Waals surface area contributed by atoms with Crippen molar-refractivity contribution in [2.75, 3.05) is 13.7 Å². The predicted octanol–water partition coefficient (Wildman–Crippen LogP) is 2.14. The lowest BCUT2D eigenvalue weighted by Crippen LogP contribution is -2.39. The number of methoxy groups -OCH3 is 1. The van der Waals surface area contributed by atoms with Crippen molar-refractivity contribution < 1.29 is 19.4 Å². The molecule has 1 saturated carbocycles. The molecule has 1 rings (SSSR count). The van der Waals surface area contributed by atoms with Gasteiger partial charge in [0.2, 0.25) is 0 Å². The highest BCUT2D eigenvalue weighted by Crippen LogP contribution is 2.28. The number of rotatable bonds is 5. The van der Waals surface area contributed by atoms with Crippen molar-refractivity contribution in [1.29, 1.82) is 0 Å². The van der Waals surface area contributed by atoms with Crippen molar-refractivity contribution in [2.24, 2.45) is 11.8 Å². The molecule has 0 aromatic carbocycles. The maximum atomic E-state index is 11.4. The van der Waals surface area contributed by atoms with Crippen LogP contribution in [0.4, 0.5) is 0 Å². The van der Waals surface area contributed by atoms with Crippen LogP contribution in [0, 0.1) is 11.8 Å². The molecule has 1 N–H and O–H groups in total. The van der Waals surface area contributed by atoms with E-state index in [2.05, 4.69) is 0 Å². The molecular formula is C14H26O4. The lowest BCUT2D eigenvalue weighted by Gasteiger charge is -2.32. The number of esters is 1. The molecule has 0 amide bonds. The van der Waals surface area contributed by atoms with Crippen molar-refractivity contribution in [3.05, 3.63) is 0 Å². The van der Waals surface area contributed by atoms with Crippen LogP contribution in [0.2, 0.25) is 0 Å². The number of hydrogen-bond acceptors (Lipinski definition) is 4. The van der Waals surface area contributed by atoms with Gasteiger partial charge in [-0.2, -0.15) is 0 Å². The summed E-state index contributed by atoms with van der Waals surface area (Å²) in [7, 11) is 1.44. The summed E-state index contributed by atoms with van der Waals surface area (Å²) in [6.07, 6.45) is 3.54. The van der Waals surface area contributed by atoms with E-state index in [0.717, 1.165) is 25.7 Å². The van der Waals surface area contributed by atoms with Gasteiger partial charge in [0.25, 0.3) is 0 Å². The van der Waals surface area contributed by atoms with E-state index < -0.39 is 5.60 Å². The van der Waals surface area contributed by atoms with E-state index in [9.17, 15) is 9.90 Å². The Morgan fingerprint density at radius 2 is 1.89 bits per heavy atom. The van der Waals surface area contributed by atoms with Gasteiger partial charge in [-0.25, -0.2) is 0 Å². The van der Waals surface area contributed by atoms with Crippen molar-refractivity contribution in [2.45, 2.75) is 58.2 Å².